The molecule has 100 valence electrons. The maximum absolute atomic E-state index is 6.01. The van der Waals surface area contributed by atoms with Gasteiger partial charge in [0.1, 0.15) is 0 Å². The van der Waals surface area contributed by atoms with Crippen molar-refractivity contribution >= 4 is 44.8 Å². The molecule has 1 nitrogen and oxygen atoms in total. The topological polar surface area (TPSA) is 12.0 Å². The van der Waals surface area contributed by atoms with Crippen LogP contribution in [-0.2, 0) is 6.54 Å². The summed E-state index contributed by atoms with van der Waals surface area (Å²) in [7, 11) is 0. The first-order chi connectivity index (χ1) is 8.97. The van der Waals surface area contributed by atoms with Crippen LogP contribution >= 0.6 is 39.1 Å². The van der Waals surface area contributed by atoms with Crippen molar-refractivity contribution in [2.75, 3.05) is 5.32 Å². The quantitative estimate of drug-likeness (QED) is 0.710. The first kappa shape index (κ1) is 14.7. The smallest absolute Gasteiger partial charge is 0.0595 e. The molecule has 0 bridgehead atoms. The molecule has 0 spiro atoms. The van der Waals surface area contributed by atoms with Gasteiger partial charge in [0.15, 0.2) is 0 Å². The van der Waals surface area contributed by atoms with Crippen molar-refractivity contribution < 1.29 is 0 Å². The van der Waals surface area contributed by atoms with E-state index in [1.54, 1.807) is 0 Å². The molecule has 19 heavy (non-hydrogen) atoms. The number of halogens is 3. The van der Waals surface area contributed by atoms with Gasteiger partial charge in [-0.2, -0.15) is 0 Å². The molecule has 0 amide bonds. The lowest BCUT2D eigenvalue weighted by molar-refractivity contribution is 1.13. The van der Waals surface area contributed by atoms with Gasteiger partial charge in [-0.25, -0.2) is 0 Å². The highest BCUT2D eigenvalue weighted by molar-refractivity contribution is 9.10. The van der Waals surface area contributed by atoms with E-state index in [4.69, 9.17) is 23.2 Å². The Bertz CT molecular complexity index is 588. The molecule has 0 saturated carbocycles. The Balaban J connectivity index is 2.16. The zero-order chi connectivity index (χ0) is 14.0. The van der Waals surface area contributed by atoms with Crippen LogP contribution in [0.5, 0.6) is 0 Å². The second kappa shape index (κ2) is 6.17. The molecule has 2 aromatic rings. The molecular formula is C15H14BrCl2N. The fourth-order valence-corrected chi connectivity index (χ4v) is 3.04. The lowest BCUT2D eigenvalue weighted by Crippen LogP contribution is -2.03. The van der Waals surface area contributed by atoms with E-state index >= 15 is 0 Å². The standard InChI is InChI=1S/C15H14BrCl2N/c1-9-5-12(16)6-10(2)15(9)19-8-11-3-4-13(17)14(18)7-11/h3-7,19H,8H2,1-2H3. The van der Waals surface area contributed by atoms with Crippen molar-refractivity contribution in [3.8, 4) is 0 Å². The highest BCUT2D eigenvalue weighted by Gasteiger charge is 2.05. The lowest BCUT2D eigenvalue weighted by atomic mass is 10.1. The minimum absolute atomic E-state index is 0.585. The van der Waals surface area contributed by atoms with Gasteiger partial charge in [0.05, 0.1) is 10.0 Å². The van der Waals surface area contributed by atoms with E-state index in [1.807, 2.05) is 18.2 Å². The van der Waals surface area contributed by atoms with Gasteiger partial charge < -0.3 is 5.32 Å². The molecule has 0 saturated heterocycles. The van der Waals surface area contributed by atoms with Crippen LogP contribution in [0.1, 0.15) is 16.7 Å². The average Bonchev–Trinajstić information content (AvgIpc) is 2.32. The van der Waals surface area contributed by atoms with E-state index < -0.39 is 0 Å². The van der Waals surface area contributed by atoms with Gasteiger partial charge in [0.2, 0.25) is 0 Å². The third-order valence-electron chi connectivity index (χ3n) is 2.95. The van der Waals surface area contributed by atoms with Crippen LogP contribution in [0.4, 0.5) is 5.69 Å². The zero-order valence-electron chi connectivity index (χ0n) is 10.7. The van der Waals surface area contributed by atoms with Crippen LogP contribution in [0.3, 0.4) is 0 Å². The SMILES string of the molecule is Cc1cc(Br)cc(C)c1NCc1ccc(Cl)c(Cl)c1. The van der Waals surface area contributed by atoms with Crippen molar-refractivity contribution in [3.63, 3.8) is 0 Å². The molecule has 0 atom stereocenters. The normalized spacial score (nSPS) is 10.6. The number of benzene rings is 2. The van der Waals surface area contributed by atoms with E-state index in [-0.39, 0.29) is 0 Å². The molecule has 0 aliphatic rings. The molecule has 4 heteroatoms. The third kappa shape index (κ3) is 3.65. The van der Waals surface area contributed by atoms with Gasteiger partial charge in [-0.1, -0.05) is 45.2 Å². The molecule has 0 fully saturated rings. The van der Waals surface area contributed by atoms with Gasteiger partial charge in [-0.05, 0) is 54.8 Å². The summed E-state index contributed by atoms with van der Waals surface area (Å²) in [5.41, 5.74) is 4.70. The van der Waals surface area contributed by atoms with E-state index in [9.17, 15) is 0 Å². The molecule has 0 aliphatic carbocycles. The van der Waals surface area contributed by atoms with Crippen molar-refractivity contribution in [2.45, 2.75) is 20.4 Å². The molecular weight excluding hydrogens is 345 g/mol. The minimum atomic E-state index is 0.585. The summed E-state index contributed by atoms with van der Waals surface area (Å²) in [6.07, 6.45) is 0. The minimum Gasteiger partial charge on any atom is -0.381 e. The van der Waals surface area contributed by atoms with Crippen LogP contribution in [0.25, 0.3) is 0 Å². The zero-order valence-corrected chi connectivity index (χ0v) is 13.8. The Morgan fingerprint density at radius 2 is 1.63 bits per heavy atom. The third-order valence-corrected chi connectivity index (χ3v) is 4.15. The summed E-state index contributed by atoms with van der Waals surface area (Å²) in [4.78, 5) is 0. The average molecular weight is 359 g/mol. The van der Waals surface area contributed by atoms with E-state index in [0.29, 0.717) is 10.0 Å². The largest absolute Gasteiger partial charge is 0.381 e. The first-order valence-corrected chi connectivity index (χ1v) is 7.47. The number of nitrogens with one attached hydrogen (secondary N) is 1. The molecule has 2 rings (SSSR count). The summed E-state index contributed by atoms with van der Waals surface area (Å²) < 4.78 is 1.10. The molecule has 0 unspecified atom stereocenters. The van der Waals surface area contributed by atoms with Gasteiger partial charge in [0.25, 0.3) is 0 Å². The number of rotatable bonds is 3. The fraction of sp³-hybridized carbons (Fsp3) is 0.200. The van der Waals surface area contributed by atoms with Crippen LogP contribution in [-0.4, -0.2) is 0 Å². The van der Waals surface area contributed by atoms with Gasteiger partial charge in [0, 0.05) is 16.7 Å². The number of aryl methyl sites for hydroxylation is 2. The number of anilines is 1. The van der Waals surface area contributed by atoms with Crippen molar-refractivity contribution in [2.24, 2.45) is 0 Å². The van der Waals surface area contributed by atoms with Gasteiger partial charge in [-0.15, -0.1) is 0 Å². The Labute approximate surface area is 132 Å². The van der Waals surface area contributed by atoms with Crippen molar-refractivity contribution in [1.82, 2.24) is 0 Å². The van der Waals surface area contributed by atoms with Crippen LogP contribution in [0, 0.1) is 13.8 Å². The lowest BCUT2D eigenvalue weighted by Gasteiger charge is -2.13. The van der Waals surface area contributed by atoms with Gasteiger partial charge >= 0.3 is 0 Å². The second-order valence-corrected chi connectivity index (χ2v) is 6.25. The fourth-order valence-electron chi connectivity index (χ4n) is 2.03. The summed E-state index contributed by atoms with van der Waals surface area (Å²) in [6, 6.07) is 9.89. The number of hydrogen-bond donors (Lipinski definition) is 1. The van der Waals surface area contributed by atoms with Crippen molar-refractivity contribution in [3.05, 3.63) is 61.5 Å². The molecule has 1 N–H and O–H groups in total. The summed E-state index contributed by atoms with van der Waals surface area (Å²) in [5, 5.41) is 4.62. The predicted octanol–water partition coefficient (Wildman–Crippen LogP) is 5.98. The van der Waals surface area contributed by atoms with Crippen LogP contribution in [0.2, 0.25) is 10.0 Å². The molecule has 0 aliphatic heterocycles. The van der Waals surface area contributed by atoms with E-state index in [2.05, 4.69) is 47.2 Å². The molecule has 0 radical (unpaired) electrons. The maximum Gasteiger partial charge on any atom is 0.0595 e. The Morgan fingerprint density at radius 3 is 2.21 bits per heavy atom. The monoisotopic (exact) mass is 357 g/mol. The van der Waals surface area contributed by atoms with Crippen LogP contribution in [0.15, 0.2) is 34.8 Å². The predicted molar refractivity (Wildman–Crippen MR) is 87.4 cm³/mol. The molecule has 0 heterocycles. The van der Waals surface area contributed by atoms with E-state index in [0.717, 1.165) is 22.3 Å². The molecule has 0 aromatic heterocycles. The van der Waals surface area contributed by atoms with Crippen molar-refractivity contribution in [1.29, 1.82) is 0 Å². The molecule has 2 aromatic carbocycles. The summed E-state index contributed by atoms with van der Waals surface area (Å²) in [5.74, 6) is 0. The highest BCUT2D eigenvalue weighted by atomic mass is 79.9. The van der Waals surface area contributed by atoms with Crippen LogP contribution < -0.4 is 5.32 Å². The Hall–Kier alpha value is -0.700. The summed E-state index contributed by atoms with van der Waals surface area (Å²) in [6.45, 7) is 4.91. The van der Waals surface area contributed by atoms with Gasteiger partial charge in [-0.3, -0.25) is 0 Å². The number of hydrogen-bond acceptors (Lipinski definition) is 1. The summed E-state index contributed by atoms with van der Waals surface area (Å²) >= 11 is 15.4. The highest BCUT2D eigenvalue weighted by Crippen LogP contribution is 2.27. The Kier molecular flexibility index (Phi) is 4.77. The van der Waals surface area contributed by atoms with E-state index in [1.165, 1.54) is 11.1 Å². The first-order valence-electron chi connectivity index (χ1n) is 5.92. The Morgan fingerprint density at radius 1 is 1.00 bits per heavy atom. The second-order valence-electron chi connectivity index (χ2n) is 4.52. The maximum atomic E-state index is 6.01.